The number of hydrogen-bond donors (Lipinski definition) is 1. The summed E-state index contributed by atoms with van der Waals surface area (Å²) in [4.78, 5) is 28.1. The monoisotopic (exact) mass is 370 g/mol. The number of carbonyl (C=O) groups excluding carboxylic acids is 2. The van der Waals surface area contributed by atoms with E-state index in [4.69, 9.17) is 4.74 Å². The maximum Gasteiger partial charge on any atom is 0.325 e. The van der Waals surface area contributed by atoms with Crippen LogP contribution in [0.3, 0.4) is 0 Å². The molecule has 2 aliphatic rings. The van der Waals surface area contributed by atoms with Crippen LogP contribution in [0.4, 0.5) is 4.79 Å². The van der Waals surface area contributed by atoms with Gasteiger partial charge in [-0.25, -0.2) is 4.79 Å². The molecule has 1 fully saturated rings. The van der Waals surface area contributed by atoms with Gasteiger partial charge >= 0.3 is 6.03 Å². The van der Waals surface area contributed by atoms with E-state index >= 15 is 0 Å². The Morgan fingerprint density at radius 1 is 1.27 bits per heavy atom. The molecule has 1 aromatic heterocycles. The highest BCUT2D eigenvalue weighted by atomic mass is 32.1. The highest BCUT2D eigenvalue weighted by Crippen LogP contribution is 2.42. The van der Waals surface area contributed by atoms with Crippen LogP contribution < -0.4 is 10.1 Å². The topological polar surface area (TPSA) is 58.6 Å². The molecule has 5 nitrogen and oxygen atoms in total. The lowest BCUT2D eigenvalue weighted by Gasteiger charge is -2.31. The lowest BCUT2D eigenvalue weighted by Crippen LogP contribution is -2.46. The third-order valence-electron chi connectivity index (χ3n) is 5.25. The van der Waals surface area contributed by atoms with Gasteiger partial charge in [0.15, 0.2) is 0 Å². The molecule has 1 aromatic carbocycles. The van der Waals surface area contributed by atoms with Crippen LogP contribution in [0, 0.1) is 13.8 Å². The summed E-state index contributed by atoms with van der Waals surface area (Å²) in [5.74, 6) is 0.649. The zero-order valence-corrected chi connectivity index (χ0v) is 15.8. The molecule has 1 aliphatic heterocycles. The number of benzene rings is 1. The average Bonchev–Trinajstić information content (AvgIpc) is 3.18. The molecule has 26 heavy (non-hydrogen) atoms. The van der Waals surface area contributed by atoms with Crippen LogP contribution >= 0.6 is 11.3 Å². The molecule has 1 N–H and O–H groups in total. The zero-order chi connectivity index (χ0) is 18.3. The van der Waals surface area contributed by atoms with Crippen molar-refractivity contribution in [3.05, 3.63) is 51.2 Å². The Morgan fingerprint density at radius 3 is 2.96 bits per heavy atom. The highest BCUT2D eigenvalue weighted by molar-refractivity contribution is 7.10. The summed E-state index contributed by atoms with van der Waals surface area (Å²) in [5.41, 5.74) is 2.26. The molecule has 0 radical (unpaired) electrons. The van der Waals surface area contributed by atoms with E-state index in [1.54, 1.807) is 11.3 Å². The van der Waals surface area contributed by atoms with E-state index in [0.717, 1.165) is 35.3 Å². The minimum absolute atomic E-state index is 0.147. The third-order valence-corrected chi connectivity index (χ3v) is 6.23. The van der Waals surface area contributed by atoms with Crippen LogP contribution in [0.15, 0.2) is 29.6 Å². The molecule has 3 amide bonds. The van der Waals surface area contributed by atoms with Crippen LogP contribution in [-0.2, 0) is 16.8 Å². The van der Waals surface area contributed by atoms with Gasteiger partial charge in [0.05, 0.1) is 6.54 Å². The number of nitrogens with zero attached hydrogens (tertiary/aromatic N) is 1. The fraction of sp³-hybridized carbons (Fsp3) is 0.400. The van der Waals surface area contributed by atoms with E-state index in [0.29, 0.717) is 6.42 Å². The summed E-state index contributed by atoms with van der Waals surface area (Å²) in [6.45, 7) is 4.53. The first kappa shape index (κ1) is 17.1. The first-order valence-corrected chi connectivity index (χ1v) is 9.80. The predicted molar refractivity (Wildman–Crippen MR) is 101 cm³/mol. The number of aryl methyl sites for hydroxylation is 3. The van der Waals surface area contributed by atoms with Gasteiger partial charge in [-0.2, -0.15) is 0 Å². The van der Waals surface area contributed by atoms with Crippen LogP contribution in [0.25, 0.3) is 0 Å². The van der Waals surface area contributed by atoms with Crippen molar-refractivity contribution >= 4 is 23.3 Å². The summed E-state index contributed by atoms with van der Waals surface area (Å²) < 4.78 is 5.83. The van der Waals surface area contributed by atoms with Crippen molar-refractivity contribution in [3.8, 4) is 5.75 Å². The number of amides is 3. The fourth-order valence-electron chi connectivity index (χ4n) is 3.85. The Bertz CT molecular complexity index is 876. The van der Waals surface area contributed by atoms with Gasteiger partial charge in [-0.1, -0.05) is 12.1 Å². The first-order valence-electron chi connectivity index (χ1n) is 8.92. The second kappa shape index (κ2) is 6.43. The normalized spacial score (nSPS) is 21.8. The Balaban J connectivity index is 1.48. The van der Waals surface area contributed by atoms with Gasteiger partial charge in [0.2, 0.25) is 0 Å². The maximum absolute atomic E-state index is 13.1. The van der Waals surface area contributed by atoms with Gasteiger partial charge in [-0.3, -0.25) is 9.69 Å². The fourth-order valence-corrected chi connectivity index (χ4v) is 4.85. The van der Waals surface area contributed by atoms with Gasteiger partial charge in [0, 0.05) is 10.4 Å². The Labute approximate surface area is 157 Å². The minimum Gasteiger partial charge on any atom is -0.491 e. The number of hydrogen-bond acceptors (Lipinski definition) is 4. The molecule has 1 saturated heterocycles. The van der Waals surface area contributed by atoms with Gasteiger partial charge in [-0.15, -0.1) is 11.3 Å². The van der Waals surface area contributed by atoms with Gasteiger partial charge in [0.1, 0.15) is 17.9 Å². The summed E-state index contributed by atoms with van der Waals surface area (Å²) in [6, 6.07) is 7.67. The van der Waals surface area contributed by atoms with Crippen LogP contribution in [0.5, 0.6) is 5.75 Å². The molecule has 0 bridgehead atoms. The second-order valence-corrected chi connectivity index (χ2v) is 8.02. The largest absolute Gasteiger partial charge is 0.491 e. The number of fused-ring (bicyclic) bond motifs is 2. The van der Waals surface area contributed by atoms with Crippen LogP contribution in [0.1, 0.15) is 34.4 Å². The summed E-state index contributed by atoms with van der Waals surface area (Å²) in [5, 5.41) is 4.97. The minimum atomic E-state index is -0.871. The van der Waals surface area contributed by atoms with Crippen molar-refractivity contribution in [2.24, 2.45) is 0 Å². The van der Waals surface area contributed by atoms with Crippen molar-refractivity contribution in [2.75, 3.05) is 13.2 Å². The molecule has 0 saturated carbocycles. The number of urea groups is 1. The molecule has 1 atom stereocenters. The molecule has 4 rings (SSSR count). The van der Waals surface area contributed by atoms with E-state index in [9.17, 15) is 9.59 Å². The maximum atomic E-state index is 13.1. The molecule has 6 heteroatoms. The number of nitrogens with one attached hydrogen (secondary N) is 1. The van der Waals surface area contributed by atoms with Crippen molar-refractivity contribution in [1.29, 1.82) is 0 Å². The molecule has 0 unspecified atom stereocenters. The summed E-state index contributed by atoms with van der Waals surface area (Å²) >= 11 is 1.66. The third kappa shape index (κ3) is 2.69. The smallest absolute Gasteiger partial charge is 0.325 e. The summed E-state index contributed by atoms with van der Waals surface area (Å²) in [7, 11) is 0. The number of carbonyl (C=O) groups is 2. The molecular formula is C20H22N2O3S. The van der Waals surface area contributed by atoms with E-state index in [-0.39, 0.29) is 25.1 Å². The Hall–Kier alpha value is -2.34. The van der Waals surface area contributed by atoms with Crippen LogP contribution in [0.2, 0.25) is 0 Å². The average molecular weight is 370 g/mol. The Kier molecular flexibility index (Phi) is 4.23. The first-order chi connectivity index (χ1) is 12.5. The van der Waals surface area contributed by atoms with Gasteiger partial charge in [0.25, 0.3) is 5.91 Å². The quantitative estimate of drug-likeness (QED) is 0.838. The van der Waals surface area contributed by atoms with E-state index in [1.807, 2.05) is 43.5 Å². The van der Waals surface area contributed by atoms with Crippen molar-refractivity contribution < 1.29 is 14.3 Å². The number of thiophene rings is 1. The number of ether oxygens (including phenoxy) is 1. The lowest BCUT2D eigenvalue weighted by molar-refractivity contribution is -0.132. The molecule has 1 spiro atoms. The van der Waals surface area contributed by atoms with Crippen molar-refractivity contribution in [1.82, 2.24) is 10.2 Å². The summed E-state index contributed by atoms with van der Waals surface area (Å²) in [6.07, 6.45) is 2.55. The molecule has 2 heterocycles. The van der Waals surface area contributed by atoms with Crippen molar-refractivity contribution in [2.45, 2.75) is 38.6 Å². The number of rotatable bonds is 4. The molecular weight excluding hydrogens is 348 g/mol. The SMILES string of the molecule is Cc1ccc(C)c(OCCN2C(=O)N[C@]3(CCCc4sccc43)C2=O)c1. The molecule has 136 valence electrons. The van der Waals surface area contributed by atoms with Crippen LogP contribution in [-0.4, -0.2) is 30.0 Å². The van der Waals surface area contributed by atoms with E-state index in [1.165, 1.54) is 9.78 Å². The molecule has 1 aliphatic carbocycles. The molecule has 2 aromatic rings. The van der Waals surface area contributed by atoms with Gasteiger partial charge in [-0.05, 0) is 61.7 Å². The van der Waals surface area contributed by atoms with E-state index < -0.39 is 5.54 Å². The number of imide groups is 1. The lowest BCUT2D eigenvalue weighted by atomic mass is 9.80. The second-order valence-electron chi connectivity index (χ2n) is 7.02. The van der Waals surface area contributed by atoms with Gasteiger partial charge < -0.3 is 10.1 Å². The van der Waals surface area contributed by atoms with Crippen molar-refractivity contribution in [3.63, 3.8) is 0 Å². The highest BCUT2D eigenvalue weighted by Gasteiger charge is 2.54. The standard InChI is InChI=1S/C20H22N2O3S/c1-13-5-6-14(2)16(12-13)25-10-9-22-18(23)20(21-19(22)24)8-3-4-17-15(20)7-11-26-17/h5-7,11-12H,3-4,8-10H2,1-2H3,(H,21,24)/t20-/m0/s1. The zero-order valence-electron chi connectivity index (χ0n) is 15.0. The Morgan fingerprint density at radius 2 is 2.12 bits per heavy atom. The van der Waals surface area contributed by atoms with E-state index in [2.05, 4.69) is 5.32 Å². The predicted octanol–water partition coefficient (Wildman–Crippen LogP) is 3.53.